The standard InChI is InChI=1S/C4H7N.C4H8/c1-3-4-5-2;1-3-4-2/h3-4H,2H2,1H3;3-4H,1-2H3/b4-3+;4-3-. The first-order valence-corrected chi connectivity index (χ1v) is 2.97. The Morgan fingerprint density at radius 1 is 1.00 bits per heavy atom. The van der Waals surface area contributed by atoms with Crippen LogP contribution in [0.4, 0.5) is 0 Å². The molecule has 0 aliphatic heterocycles. The number of allylic oxidation sites excluding steroid dienone is 3. The summed E-state index contributed by atoms with van der Waals surface area (Å²) in [5, 5.41) is 0. The predicted octanol–water partition coefficient (Wildman–Crippen LogP) is 2.80. The van der Waals surface area contributed by atoms with E-state index < -0.39 is 0 Å². The Balaban J connectivity index is 0. The highest BCUT2D eigenvalue weighted by Crippen LogP contribution is 1.63. The molecule has 0 N–H and O–H groups in total. The van der Waals surface area contributed by atoms with E-state index in [-0.39, 0.29) is 0 Å². The van der Waals surface area contributed by atoms with Gasteiger partial charge in [-0.3, -0.25) is 4.99 Å². The Hall–Kier alpha value is -0.850. The largest absolute Gasteiger partial charge is 0.273 e. The molecule has 0 rings (SSSR count). The summed E-state index contributed by atoms with van der Waals surface area (Å²) in [5.74, 6) is 0. The van der Waals surface area contributed by atoms with Gasteiger partial charge in [-0.2, -0.15) is 0 Å². The van der Waals surface area contributed by atoms with Gasteiger partial charge in [0.25, 0.3) is 0 Å². The molecule has 9 heavy (non-hydrogen) atoms. The van der Waals surface area contributed by atoms with Gasteiger partial charge in [0.1, 0.15) is 0 Å². The lowest BCUT2D eigenvalue weighted by Crippen LogP contribution is -1.36. The van der Waals surface area contributed by atoms with Gasteiger partial charge in [-0.05, 0) is 27.5 Å². The number of hydrogen-bond acceptors (Lipinski definition) is 1. The fourth-order valence-electron chi connectivity index (χ4n) is 0.105. The Morgan fingerprint density at radius 3 is 1.44 bits per heavy atom. The van der Waals surface area contributed by atoms with Crippen molar-refractivity contribution < 1.29 is 0 Å². The lowest BCUT2D eigenvalue weighted by Gasteiger charge is -1.58. The van der Waals surface area contributed by atoms with Crippen LogP contribution in [0, 0.1) is 0 Å². The van der Waals surface area contributed by atoms with Crippen LogP contribution < -0.4 is 0 Å². The summed E-state index contributed by atoms with van der Waals surface area (Å²) >= 11 is 0. The second-order valence-electron chi connectivity index (χ2n) is 1.33. The van der Waals surface area contributed by atoms with Crippen LogP contribution in [-0.2, 0) is 0 Å². The molecule has 0 heterocycles. The summed E-state index contributed by atoms with van der Waals surface area (Å²) in [6, 6.07) is 0. The maximum atomic E-state index is 3.42. The molecule has 0 radical (unpaired) electrons. The van der Waals surface area contributed by atoms with Crippen LogP contribution in [0.25, 0.3) is 0 Å². The van der Waals surface area contributed by atoms with Crippen molar-refractivity contribution >= 4 is 6.72 Å². The third-order valence-corrected chi connectivity index (χ3v) is 0.588. The summed E-state index contributed by atoms with van der Waals surface area (Å²) in [5.41, 5.74) is 0. The Bertz CT molecular complexity index is 86.7. The monoisotopic (exact) mass is 125 g/mol. The average molecular weight is 125 g/mol. The van der Waals surface area contributed by atoms with Crippen LogP contribution in [0.2, 0.25) is 0 Å². The van der Waals surface area contributed by atoms with E-state index in [0.29, 0.717) is 0 Å². The highest BCUT2D eigenvalue weighted by molar-refractivity contribution is 5.25. The molecule has 0 aliphatic carbocycles. The third-order valence-electron chi connectivity index (χ3n) is 0.588. The van der Waals surface area contributed by atoms with E-state index >= 15 is 0 Å². The SMILES string of the molecule is C/C=C\C.C=N/C=C/C. The first-order valence-electron chi connectivity index (χ1n) is 2.97. The number of aliphatic imine (C=N–C) groups is 1. The van der Waals surface area contributed by atoms with Crippen molar-refractivity contribution in [3.63, 3.8) is 0 Å². The average Bonchev–Trinajstić information content (AvgIpc) is 1.91. The molecule has 0 fully saturated rings. The molecule has 0 saturated carbocycles. The van der Waals surface area contributed by atoms with Crippen LogP contribution in [0.15, 0.2) is 29.4 Å². The first kappa shape index (κ1) is 11.0. The zero-order chi connectivity index (χ0) is 7.54. The minimum Gasteiger partial charge on any atom is -0.273 e. The summed E-state index contributed by atoms with van der Waals surface area (Å²) in [4.78, 5) is 3.42. The van der Waals surface area contributed by atoms with Crippen molar-refractivity contribution in [2.45, 2.75) is 20.8 Å². The summed E-state index contributed by atoms with van der Waals surface area (Å²) in [6.45, 7) is 9.11. The van der Waals surface area contributed by atoms with Crippen LogP contribution in [0.1, 0.15) is 20.8 Å². The second kappa shape index (κ2) is 15.7. The van der Waals surface area contributed by atoms with Gasteiger partial charge >= 0.3 is 0 Å². The van der Waals surface area contributed by atoms with Gasteiger partial charge in [0.15, 0.2) is 0 Å². The van der Waals surface area contributed by atoms with E-state index in [2.05, 4.69) is 11.7 Å². The molecule has 0 bridgehead atoms. The first-order chi connectivity index (χ1) is 4.33. The van der Waals surface area contributed by atoms with Gasteiger partial charge in [-0.15, -0.1) is 0 Å². The van der Waals surface area contributed by atoms with Crippen molar-refractivity contribution in [1.29, 1.82) is 0 Å². The van der Waals surface area contributed by atoms with Gasteiger partial charge in [0, 0.05) is 6.20 Å². The maximum absolute atomic E-state index is 3.42. The minimum atomic E-state index is 1.64. The molecule has 1 heteroatoms. The molecule has 52 valence electrons. The van der Waals surface area contributed by atoms with Gasteiger partial charge in [-0.1, -0.05) is 18.2 Å². The molecule has 0 amide bonds. The van der Waals surface area contributed by atoms with E-state index in [1.807, 2.05) is 39.0 Å². The van der Waals surface area contributed by atoms with E-state index in [1.165, 1.54) is 0 Å². The van der Waals surface area contributed by atoms with Crippen LogP contribution >= 0.6 is 0 Å². The number of hydrogen-bond donors (Lipinski definition) is 0. The Labute approximate surface area is 57.8 Å². The van der Waals surface area contributed by atoms with Crippen LogP contribution in [0.5, 0.6) is 0 Å². The summed E-state index contributed by atoms with van der Waals surface area (Å²) in [6.07, 6.45) is 7.47. The van der Waals surface area contributed by atoms with Gasteiger partial charge in [0.05, 0.1) is 0 Å². The van der Waals surface area contributed by atoms with E-state index in [4.69, 9.17) is 0 Å². The van der Waals surface area contributed by atoms with Gasteiger partial charge in [0.2, 0.25) is 0 Å². The molecule has 0 atom stereocenters. The van der Waals surface area contributed by atoms with Crippen LogP contribution in [0.3, 0.4) is 0 Å². The lowest BCUT2D eigenvalue weighted by molar-refractivity contribution is 1.56. The summed E-state index contributed by atoms with van der Waals surface area (Å²) in [7, 11) is 0. The highest BCUT2D eigenvalue weighted by atomic mass is 14.6. The molecular formula is C8H15N. The smallest absolute Gasteiger partial charge is 0.0217 e. The van der Waals surface area contributed by atoms with Crippen molar-refractivity contribution in [1.82, 2.24) is 0 Å². The topological polar surface area (TPSA) is 12.4 Å². The molecule has 0 spiro atoms. The second-order valence-corrected chi connectivity index (χ2v) is 1.33. The zero-order valence-corrected chi connectivity index (χ0v) is 6.46. The Kier molecular flexibility index (Phi) is 19.2. The van der Waals surface area contributed by atoms with Gasteiger partial charge < -0.3 is 0 Å². The number of rotatable bonds is 1. The lowest BCUT2D eigenvalue weighted by atomic mass is 10.6. The number of nitrogens with zero attached hydrogens (tertiary/aromatic N) is 1. The Morgan fingerprint density at radius 2 is 1.44 bits per heavy atom. The third kappa shape index (κ3) is 41.0. The normalized spacial score (nSPS) is 9.22. The van der Waals surface area contributed by atoms with E-state index in [1.54, 1.807) is 6.20 Å². The van der Waals surface area contributed by atoms with E-state index in [9.17, 15) is 0 Å². The van der Waals surface area contributed by atoms with Crippen molar-refractivity contribution in [2.24, 2.45) is 4.99 Å². The maximum Gasteiger partial charge on any atom is 0.0217 e. The predicted molar refractivity (Wildman–Crippen MR) is 44.9 cm³/mol. The van der Waals surface area contributed by atoms with Crippen molar-refractivity contribution in [3.05, 3.63) is 24.4 Å². The minimum absolute atomic E-state index is 1.64. The van der Waals surface area contributed by atoms with E-state index in [0.717, 1.165) is 0 Å². The fourth-order valence-corrected chi connectivity index (χ4v) is 0.105. The molecule has 0 unspecified atom stereocenters. The quantitative estimate of drug-likeness (QED) is 0.377. The molecule has 0 aromatic heterocycles. The summed E-state index contributed by atoms with van der Waals surface area (Å²) < 4.78 is 0. The fraction of sp³-hybridized carbons (Fsp3) is 0.375. The van der Waals surface area contributed by atoms with Crippen molar-refractivity contribution in [3.8, 4) is 0 Å². The molecule has 0 aliphatic rings. The van der Waals surface area contributed by atoms with Gasteiger partial charge in [-0.25, -0.2) is 0 Å². The highest BCUT2D eigenvalue weighted by Gasteiger charge is 1.41. The van der Waals surface area contributed by atoms with Crippen molar-refractivity contribution in [2.75, 3.05) is 0 Å². The zero-order valence-electron chi connectivity index (χ0n) is 6.46. The molecule has 1 nitrogen and oxygen atoms in total. The molecule has 0 aromatic rings. The molecule has 0 saturated heterocycles. The molecule has 0 aromatic carbocycles. The molecular weight excluding hydrogens is 110 g/mol. The van der Waals surface area contributed by atoms with Crippen LogP contribution in [-0.4, -0.2) is 6.72 Å².